The van der Waals surface area contributed by atoms with Crippen molar-refractivity contribution in [2.45, 2.75) is 46.8 Å². The zero-order valence-electron chi connectivity index (χ0n) is 12.5. The maximum Gasteiger partial charge on any atom is 0.123 e. The van der Waals surface area contributed by atoms with Crippen molar-refractivity contribution in [1.29, 1.82) is 0 Å². The van der Waals surface area contributed by atoms with Crippen LogP contribution in [0.1, 0.15) is 44.9 Å². The molecule has 0 radical (unpaired) electrons. The molecule has 1 aromatic carbocycles. The van der Waals surface area contributed by atoms with E-state index in [0.29, 0.717) is 6.61 Å². The van der Waals surface area contributed by atoms with E-state index in [1.807, 2.05) is 13.8 Å². The molecule has 2 unspecified atom stereocenters. The number of benzene rings is 1. The Hall–Kier alpha value is -0.970. The molecular weight excluding hydrogens is 243 g/mol. The molecule has 4 heteroatoms. The predicted molar refractivity (Wildman–Crippen MR) is 76.1 cm³/mol. The first-order valence-corrected chi connectivity index (χ1v) is 6.65. The fourth-order valence-corrected chi connectivity index (χ4v) is 2.35. The molecule has 0 amide bonds. The molecule has 108 valence electrons. The van der Waals surface area contributed by atoms with Crippen LogP contribution >= 0.6 is 0 Å². The van der Waals surface area contributed by atoms with E-state index in [0.717, 1.165) is 11.1 Å². The summed E-state index contributed by atoms with van der Waals surface area (Å²) in [5.74, 6) is 5.48. The zero-order chi connectivity index (χ0) is 14.6. The van der Waals surface area contributed by atoms with Crippen molar-refractivity contribution in [2.24, 2.45) is 11.3 Å². The zero-order valence-corrected chi connectivity index (χ0v) is 12.5. The highest BCUT2D eigenvalue weighted by atomic mass is 19.1. The van der Waals surface area contributed by atoms with Gasteiger partial charge in [-0.25, -0.2) is 4.39 Å². The summed E-state index contributed by atoms with van der Waals surface area (Å²) in [6.07, 6.45) is -0.0911. The quantitative estimate of drug-likeness (QED) is 0.637. The van der Waals surface area contributed by atoms with Crippen molar-refractivity contribution >= 4 is 0 Å². The summed E-state index contributed by atoms with van der Waals surface area (Å²) in [6, 6.07) is 4.58. The van der Waals surface area contributed by atoms with Crippen LogP contribution < -0.4 is 11.3 Å². The minimum Gasteiger partial charge on any atom is -0.376 e. The average molecular weight is 268 g/mol. The van der Waals surface area contributed by atoms with Gasteiger partial charge in [-0.2, -0.15) is 0 Å². The number of nitrogens with two attached hydrogens (primary N) is 1. The first-order valence-electron chi connectivity index (χ1n) is 6.65. The van der Waals surface area contributed by atoms with Crippen LogP contribution in [0.2, 0.25) is 0 Å². The lowest BCUT2D eigenvalue weighted by Gasteiger charge is -2.37. The first kappa shape index (κ1) is 16.1. The van der Waals surface area contributed by atoms with Crippen LogP contribution in [0.4, 0.5) is 4.39 Å². The molecule has 0 aliphatic heterocycles. The molecule has 3 N–H and O–H groups in total. The second-order valence-electron chi connectivity index (χ2n) is 5.89. The number of aryl methyl sites for hydroxylation is 1. The van der Waals surface area contributed by atoms with Gasteiger partial charge >= 0.3 is 0 Å². The van der Waals surface area contributed by atoms with E-state index in [1.54, 1.807) is 6.07 Å². The summed E-state index contributed by atoms with van der Waals surface area (Å²) in [5.41, 5.74) is 4.59. The third-order valence-electron chi connectivity index (χ3n) is 3.25. The van der Waals surface area contributed by atoms with Crippen molar-refractivity contribution in [3.63, 3.8) is 0 Å². The maximum atomic E-state index is 13.2. The van der Waals surface area contributed by atoms with Crippen LogP contribution in [0.3, 0.4) is 0 Å². The van der Waals surface area contributed by atoms with Crippen LogP contribution in [0, 0.1) is 18.2 Å². The number of ether oxygens (including phenoxy) is 1. The van der Waals surface area contributed by atoms with Crippen LogP contribution in [-0.4, -0.2) is 12.7 Å². The predicted octanol–water partition coefficient (Wildman–Crippen LogP) is 3.09. The van der Waals surface area contributed by atoms with Gasteiger partial charge in [-0.3, -0.25) is 11.3 Å². The van der Waals surface area contributed by atoms with Crippen molar-refractivity contribution in [2.75, 3.05) is 6.61 Å². The number of hydrogen-bond donors (Lipinski definition) is 2. The monoisotopic (exact) mass is 268 g/mol. The molecular formula is C15H25FN2O. The van der Waals surface area contributed by atoms with Gasteiger partial charge in [0, 0.05) is 6.61 Å². The van der Waals surface area contributed by atoms with Crippen molar-refractivity contribution in [3.05, 3.63) is 35.1 Å². The summed E-state index contributed by atoms with van der Waals surface area (Å²) < 4.78 is 19.1. The largest absolute Gasteiger partial charge is 0.376 e. The first-order chi connectivity index (χ1) is 8.81. The standard InChI is InChI=1S/C15H25FN2O/c1-6-19-14(15(3,4)5)13(18-17)12-8-7-11(16)9-10(12)2/h7-9,13-14,18H,6,17H2,1-5H3. The van der Waals surface area contributed by atoms with Gasteiger partial charge in [0.15, 0.2) is 0 Å². The molecule has 0 bridgehead atoms. The SMILES string of the molecule is CCOC(C(NN)c1ccc(F)cc1C)C(C)(C)C. The molecule has 0 aliphatic rings. The van der Waals surface area contributed by atoms with Crippen LogP contribution in [0.5, 0.6) is 0 Å². The molecule has 1 aromatic rings. The van der Waals surface area contributed by atoms with Gasteiger partial charge in [-0.15, -0.1) is 0 Å². The number of hydrogen-bond acceptors (Lipinski definition) is 3. The van der Waals surface area contributed by atoms with E-state index in [1.165, 1.54) is 12.1 Å². The highest BCUT2D eigenvalue weighted by Gasteiger charge is 2.34. The van der Waals surface area contributed by atoms with Crippen LogP contribution in [-0.2, 0) is 4.74 Å². The Labute approximate surface area is 115 Å². The Morgan fingerprint density at radius 1 is 1.37 bits per heavy atom. The van der Waals surface area contributed by atoms with Gasteiger partial charge in [0.2, 0.25) is 0 Å². The highest BCUT2D eigenvalue weighted by molar-refractivity contribution is 5.30. The molecule has 1 rings (SSSR count). The van der Waals surface area contributed by atoms with Gasteiger partial charge < -0.3 is 4.74 Å². The second kappa shape index (κ2) is 6.46. The van der Waals surface area contributed by atoms with Crippen molar-refractivity contribution in [3.8, 4) is 0 Å². The average Bonchev–Trinajstić information content (AvgIpc) is 2.30. The molecule has 0 aliphatic carbocycles. The van der Waals surface area contributed by atoms with Gasteiger partial charge in [0.25, 0.3) is 0 Å². The number of nitrogens with one attached hydrogen (secondary N) is 1. The maximum absolute atomic E-state index is 13.2. The Morgan fingerprint density at radius 3 is 2.42 bits per heavy atom. The number of hydrazine groups is 1. The van der Waals surface area contributed by atoms with Gasteiger partial charge in [-0.05, 0) is 42.5 Å². The van der Waals surface area contributed by atoms with E-state index in [9.17, 15) is 4.39 Å². The fourth-order valence-electron chi connectivity index (χ4n) is 2.35. The number of rotatable bonds is 5. The molecule has 19 heavy (non-hydrogen) atoms. The van der Waals surface area contributed by atoms with E-state index < -0.39 is 0 Å². The summed E-state index contributed by atoms with van der Waals surface area (Å²) in [5, 5.41) is 0. The molecule has 0 saturated heterocycles. The van der Waals surface area contributed by atoms with Crippen LogP contribution in [0.25, 0.3) is 0 Å². The topological polar surface area (TPSA) is 47.3 Å². The minimum atomic E-state index is -0.235. The van der Waals surface area contributed by atoms with Gasteiger partial charge in [0.1, 0.15) is 5.82 Å². The van der Waals surface area contributed by atoms with Gasteiger partial charge in [-0.1, -0.05) is 26.8 Å². The Balaban J connectivity index is 3.16. The molecule has 0 saturated carbocycles. The summed E-state index contributed by atoms with van der Waals surface area (Å²) in [6.45, 7) is 10.8. The lowest BCUT2D eigenvalue weighted by molar-refractivity contribution is -0.0368. The Bertz CT molecular complexity index is 415. The second-order valence-corrected chi connectivity index (χ2v) is 5.89. The highest BCUT2D eigenvalue weighted by Crippen LogP contribution is 2.33. The van der Waals surface area contributed by atoms with E-state index in [2.05, 4.69) is 26.2 Å². The van der Waals surface area contributed by atoms with Crippen molar-refractivity contribution < 1.29 is 9.13 Å². The third-order valence-corrected chi connectivity index (χ3v) is 3.25. The fraction of sp³-hybridized carbons (Fsp3) is 0.600. The number of halogens is 1. The summed E-state index contributed by atoms with van der Waals surface area (Å²) in [4.78, 5) is 0. The summed E-state index contributed by atoms with van der Waals surface area (Å²) >= 11 is 0. The molecule has 3 nitrogen and oxygen atoms in total. The van der Waals surface area contributed by atoms with E-state index in [-0.39, 0.29) is 23.4 Å². The molecule has 2 atom stereocenters. The Kier molecular flexibility index (Phi) is 5.47. The van der Waals surface area contributed by atoms with Crippen molar-refractivity contribution in [1.82, 2.24) is 5.43 Å². The molecule has 0 aromatic heterocycles. The van der Waals surface area contributed by atoms with Gasteiger partial charge in [0.05, 0.1) is 12.1 Å². The molecule has 0 fully saturated rings. The van der Waals surface area contributed by atoms with E-state index in [4.69, 9.17) is 10.6 Å². The van der Waals surface area contributed by atoms with E-state index >= 15 is 0 Å². The smallest absolute Gasteiger partial charge is 0.123 e. The lowest BCUT2D eigenvalue weighted by Crippen LogP contribution is -2.45. The van der Waals surface area contributed by atoms with Crippen LogP contribution in [0.15, 0.2) is 18.2 Å². The summed E-state index contributed by atoms with van der Waals surface area (Å²) in [7, 11) is 0. The third kappa shape index (κ3) is 4.00. The molecule has 0 spiro atoms. The molecule has 0 heterocycles. The lowest BCUT2D eigenvalue weighted by atomic mass is 9.81. The Morgan fingerprint density at radius 2 is 2.00 bits per heavy atom. The minimum absolute atomic E-state index is 0.0755. The normalized spacial score (nSPS) is 15.3.